The Labute approximate surface area is 122 Å². The van der Waals surface area contributed by atoms with Gasteiger partial charge in [-0.15, -0.1) is 0 Å². The maximum Gasteiger partial charge on any atom is 0.0680 e. The van der Waals surface area contributed by atoms with Crippen LogP contribution < -0.4 is 4.90 Å². The Hall–Kier alpha value is -0.140. The van der Waals surface area contributed by atoms with E-state index in [2.05, 4.69) is 32.8 Å². The molecule has 0 radical (unpaired) electrons. The van der Waals surface area contributed by atoms with Crippen molar-refractivity contribution in [2.75, 3.05) is 38.1 Å². The van der Waals surface area contributed by atoms with Gasteiger partial charge in [0.25, 0.3) is 0 Å². The normalized spacial score (nSPS) is 19.0. The molecule has 18 heavy (non-hydrogen) atoms. The van der Waals surface area contributed by atoms with E-state index >= 15 is 0 Å². The Morgan fingerprint density at radius 3 is 2.50 bits per heavy atom. The third kappa shape index (κ3) is 2.88. The molecule has 0 bridgehead atoms. The molecule has 0 N–H and O–H groups in total. The van der Waals surface area contributed by atoms with E-state index < -0.39 is 11.1 Å². The van der Waals surface area contributed by atoms with Crippen LogP contribution >= 0.6 is 27.5 Å². The number of piperazine rings is 1. The summed E-state index contributed by atoms with van der Waals surface area (Å²) in [5.74, 6) is 0. The third-order valence-corrected chi connectivity index (χ3v) is 4.83. The summed E-state index contributed by atoms with van der Waals surface area (Å²) in [5.41, 5.74) is 0.670. The van der Waals surface area contributed by atoms with Crippen molar-refractivity contribution < 1.29 is 8.76 Å². The molecule has 100 valence electrons. The first-order valence-corrected chi connectivity index (χ1v) is 7.76. The summed E-state index contributed by atoms with van der Waals surface area (Å²) in [7, 11) is 2.05. The van der Waals surface area contributed by atoms with E-state index in [0.717, 1.165) is 30.7 Å². The van der Waals surface area contributed by atoms with Gasteiger partial charge >= 0.3 is 0 Å². The number of likely N-dealkylation sites (N-methyl/N-ethyl adjacent to an activating group) is 1. The van der Waals surface area contributed by atoms with Crippen molar-refractivity contribution in [3.8, 4) is 0 Å². The van der Waals surface area contributed by atoms with E-state index in [-0.39, 0.29) is 9.92 Å². The number of rotatable bonds is 2. The highest BCUT2D eigenvalue weighted by atomic mass is 79.9. The second-order valence-electron chi connectivity index (χ2n) is 4.23. The van der Waals surface area contributed by atoms with Gasteiger partial charge in [-0.2, -0.15) is 0 Å². The topological polar surface area (TPSA) is 46.6 Å². The molecule has 0 aromatic heterocycles. The summed E-state index contributed by atoms with van der Waals surface area (Å²) in [6, 6.07) is 3.38. The summed E-state index contributed by atoms with van der Waals surface area (Å²) in [6.45, 7) is 3.40. The number of anilines is 1. The van der Waals surface area contributed by atoms with Gasteiger partial charge in [-0.05, 0) is 46.2 Å². The van der Waals surface area contributed by atoms with Crippen LogP contribution in [0.15, 0.2) is 21.5 Å². The second kappa shape index (κ2) is 5.88. The summed E-state index contributed by atoms with van der Waals surface area (Å²) >= 11 is 7.07. The second-order valence-corrected chi connectivity index (χ2v) is 6.37. The summed E-state index contributed by atoms with van der Waals surface area (Å²) < 4.78 is 23.5. The predicted molar refractivity (Wildman–Crippen MR) is 76.0 cm³/mol. The Morgan fingerprint density at radius 2 is 1.94 bits per heavy atom. The van der Waals surface area contributed by atoms with E-state index in [1.807, 2.05) is 0 Å². The van der Waals surface area contributed by atoms with E-state index in [1.165, 1.54) is 0 Å². The van der Waals surface area contributed by atoms with Gasteiger partial charge in [-0.25, -0.2) is 0 Å². The number of hydrogen-bond donors (Lipinski definition) is 0. The average molecular weight is 353 g/mol. The molecule has 1 aliphatic heterocycles. The molecule has 1 aromatic rings. The van der Waals surface area contributed by atoms with Gasteiger partial charge in [0.1, 0.15) is 0 Å². The standard InChI is InChI=1S/C11H14BrClN2O2S/c1-14-4-6-15(7-5-14)10-8(12)2-3-9(13)11(10)18(16)17/h2-3H,4-7H2,1H3,(H,16,17)/p-1. The monoisotopic (exact) mass is 351 g/mol. The fourth-order valence-electron chi connectivity index (χ4n) is 2.01. The Bertz CT molecular complexity index is 478. The molecule has 0 spiro atoms. The van der Waals surface area contributed by atoms with Gasteiger partial charge in [0.05, 0.1) is 15.6 Å². The van der Waals surface area contributed by atoms with Crippen LogP contribution in [-0.4, -0.2) is 46.9 Å². The van der Waals surface area contributed by atoms with E-state index in [1.54, 1.807) is 12.1 Å². The maximum absolute atomic E-state index is 11.4. The lowest BCUT2D eigenvalue weighted by Gasteiger charge is -2.36. The minimum Gasteiger partial charge on any atom is -0.768 e. The van der Waals surface area contributed by atoms with Gasteiger partial charge < -0.3 is 14.4 Å². The molecular weight excluding hydrogens is 340 g/mol. The van der Waals surface area contributed by atoms with Gasteiger partial charge in [-0.3, -0.25) is 4.21 Å². The van der Waals surface area contributed by atoms with Crippen LogP contribution in [0.4, 0.5) is 5.69 Å². The van der Waals surface area contributed by atoms with Crippen LogP contribution in [0.1, 0.15) is 0 Å². The van der Waals surface area contributed by atoms with E-state index in [4.69, 9.17) is 11.6 Å². The molecule has 0 amide bonds. The molecule has 0 saturated carbocycles. The molecule has 1 aromatic carbocycles. The van der Waals surface area contributed by atoms with Gasteiger partial charge in [0, 0.05) is 30.7 Å². The third-order valence-electron chi connectivity index (χ3n) is 3.02. The molecule has 1 unspecified atom stereocenters. The summed E-state index contributed by atoms with van der Waals surface area (Å²) in [6.07, 6.45) is 0. The van der Waals surface area contributed by atoms with Gasteiger partial charge in [0.2, 0.25) is 0 Å². The molecular formula is C11H13BrClN2O2S-. The lowest BCUT2D eigenvalue weighted by atomic mass is 10.2. The fourth-order valence-corrected chi connectivity index (χ4v) is 3.68. The average Bonchev–Trinajstić information content (AvgIpc) is 2.32. The van der Waals surface area contributed by atoms with Crippen LogP contribution in [-0.2, 0) is 11.1 Å². The smallest absolute Gasteiger partial charge is 0.0680 e. The van der Waals surface area contributed by atoms with E-state index in [0.29, 0.717) is 5.69 Å². The van der Waals surface area contributed by atoms with Gasteiger partial charge in [0.15, 0.2) is 0 Å². The molecule has 0 aliphatic carbocycles. The molecule has 1 aliphatic rings. The first kappa shape index (κ1) is 14.3. The SMILES string of the molecule is CN1CCN(c2c(Br)ccc(Cl)c2S(=O)[O-])CC1. The predicted octanol–water partition coefficient (Wildman–Crippen LogP) is 2.09. The molecule has 1 atom stereocenters. The van der Waals surface area contributed by atoms with Crippen molar-refractivity contribution >= 4 is 44.3 Å². The number of halogens is 2. The Balaban J connectivity index is 2.42. The highest BCUT2D eigenvalue weighted by Crippen LogP contribution is 2.37. The van der Waals surface area contributed by atoms with Crippen LogP contribution in [0.5, 0.6) is 0 Å². The number of hydrogen-bond acceptors (Lipinski definition) is 4. The largest absolute Gasteiger partial charge is 0.768 e. The van der Waals surface area contributed by atoms with Crippen molar-refractivity contribution in [1.82, 2.24) is 4.90 Å². The first-order chi connectivity index (χ1) is 8.50. The number of benzene rings is 1. The lowest BCUT2D eigenvalue weighted by molar-refractivity contribution is 0.312. The Kier molecular flexibility index (Phi) is 4.66. The minimum absolute atomic E-state index is 0.176. The van der Waals surface area contributed by atoms with Crippen LogP contribution in [0.2, 0.25) is 5.02 Å². The molecule has 2 rings (SSSR count). The molecule has 1 saturated heterocycles. The van der Waals surface area contributed by atoms with Crippen molar-refractivity contribution in [2.24, 2.45) is 0 Å². The Morgan fingerprint density at radius 1 is 1.33 bits per heavy atom. The van der Waals surface area contributed by atoms with Crippen molar-refractivity contribution in [3.63, 3.8) is 0 Å². The van der Waals surface area contributed by atoms with Crippen molar-refractivity contribution in [1.29, 1.82) is 0 Å². The summed E-state index contributed by atoms with van der Waals surface area (Å²) in [4.78, 5) is 4.44. The van der Waals surface area contributed by atoms with Crippen LogP contribution in [0, 0.1) is 0 Å². The molecule has 4 nitrogen and oxygen atoms in total. The van der Waals surface area contributed by atoms with Gasteiger partial charge in [-0.1, -0.05) is 11.6 Å². The lowest BCUT2D eigenvalue weighted by Crippen LogP contribution is -2.45. The number of nitrogens with zero attached hydrogens (tertiary/aromatic N) is 2. The highest BCUT2D eigenvalue weighted by molar-refractivity contribution is 9.10. The fraction of sp³-hybridized carbons (Fsp3) is 0.455. The van der Waals surface area contributed by atoms with Crippen LogP contribution in [0.25, 0.3) is 0 Å². The van der Waals surface area contributed by atoms with Crippen LogP contribution in [0.3, 0.4) is 0 Å². The zero-order valence-electron chi connectivity index (χ0n) is 9.86. The van der Waals surface area contributed by atoms with E-state index in [9.17, 15) is 8.76 Å². The zero-order chi connectivity index (χ0) is 13.3. The molecule has 7 heteroatoms. The summed E-state index contributed by atoms with van der Waals surface area (Å²) in [5, 5.41) is 0.264. The maximum atomic E-state index is 11.4. The van der Waals surface area contributed by atoms with Crippen molar-refractivity contribution in [2.45, 2.75) is 4.90 Å². The molecule has 1 heterocycles. The first-order valence-electron chi connectivity index (χ1n) is 5.51. The zero-order valence-corrected chi connectivity index (χ0v) is 13.0. The minimum atomic E-state index is -2.34. The highest BCUT2D eigenvalue weighted by Gasteiger charge is 2.21. The van der Waals surface area contributed by atoms with Crippen molar-refractivity contribution in [3.05, 3.63) is 21.6 Å². The molecule has 1 fully saturated rings. The quantitative estimate of drug-likeness (QED) is 0.765.